The minimum Gasteiger partial charge on any atom is -0.383 e. The molecular formula is C15H30N2O. The zero-order valence-electron chi connectivity index (χ0n) is 12.2. The van der Waals surface area contributed by atoms with Crippen molar-refractivity contribution in [1.29, 1.82) is 0 Å². The number of methoxy groups -OCH3 is 1. The van der Waals surface area contributed by atoms with E-state index in [1.165, 1.54) is 45.1 Å². The molecule has 0 aromatic carbocycles. The SMILES string of the molecule is COCCN(CCNC1CCCCC1C)C1CC1. The topological polar surface area (TPSA) is 24.5 Å². The van der Waals surface area contributed by atoms with Crippen LogP contribution in [0, 0.1) is 5.92 Å². The third kappa shape index (κ3) is 4.52. The van der Waals surface area contributed by atoms with E-state index in [4.69, 9.17) is 4.74 Å². The van der Waals surface area contributed by atoms with Crippen LogP contribution in [0.2, 0.25) is 0 Å². The first-order chi connectivity index (χ1) is 8.81. The Hall–Kier alpha value is -0.120. The lowest BCUT2D eigenvalue weighted by molar-refractivity contribution is 0.141. The van der Waals surface area contributed by atoms with Gasteiger partial charge in [-0.3, -0.25) is 4.90 Å². The second-order valence-electron chi connectivity index (χ2n) is 6.08. The summed E-state index contributed by atoms with van der Waals surface area (Å²) in [6.45, 7) is 6.71. The van der Waals surface area contributed by atoms with Gasteiger partial charge in [0.05, 0.1) is 6.61 Å². The summed E-state index contributed by atoms with van der Waals surface area (Å²) in [5.41, 5.74) is 0. The highest BCUT2D eigenvalue weighted by atomic mass is 16.5. The number of hydrogen-bond donors (Lipinski definition) is 1. The molecule has 0 saturated heterocycles. The summed E-state index contributed by atoms with van der Waals surface area (Å²) in [5.74, 6) is 0.868. The molecule has 3 heteroatoms. The Morgan fingerprint density at radius 1 is 1.11 bits per heavy atom. The fourth-order valence-corrected chi connectivity index (χ4v) is 3.14. The summed E-state index contributed by atoms with van der Waals surface area (Å²) in [6.07, 6.45) is 8.42. The van der Waals surface area contributed by atoms with E-state index in [-0.39, 0.29) is 0 Å². The third-order valence-electron chi connectivity index (χ3n) is 4.56. The van der Waals surface area contributed by atoms with Crippen molar-refractivity contribution >= 4 is 0 Å². The van der Waals surface area contributed by atoms with Crippen molar-refractivity contribution in [3.8, 4) is 0 Å². The van der Waals surface area contributed by atoms with Crippen LogP contribution >= 0.6 is 0 Å². The van der Waals surface area contributed by atoms with Gasteiger partial charge >= 0.3 is 0 Å². The molecule has 2 saturated carbocycles. The van der Waals surface area contributed by atoms with Gasteiger partial charge in [0.1, 0.15) is 0 Å². The van der Waals surface area contributed by atoms with Crippen molar-refractivity contribution in [2.24, 2.45) is 5.92 Å². The summed E-state index contributed by atoms with van der Waals surface area (Å²) in [5, 5.41) is 3.78. The predicted octanol–water partition coefficient (Wildman–Crippen LogP) is 2.27. The highest BCUT2D eigenvalue weighted by molar-refractivity contribution is 4.85. The zero-order chi connectivity index (χ0) is 12.8. The molecule has 0 bridgehead atoms. The highest BCUT2D eigenvalue weighted by Gasteiger charge is 2.28. The third-order valence-corrected chi connectivity index (χ3v) is 4.56. The van der Waals surface area contributed by atoms with Gasteiger partial charge in [0.25, 0.3) is 0 Å². The van der Waals surface area contributed by atoms with Crippen molar-refractivity contribution in [3.63, 3.8) is 0 Å². The molecule has 106 valence electrons. The maximum absolute atomic E-state index is 5.20. The van der Waals surface area contributed by atoms with E-state index >= 15 is 0 Å². The Morgan fingerprint density at radius 2 is 1.89 bits per heavy atom. The average Bonchev–Trinajstić information content (AvgIpc) is 3.20. The Kier molecular flexibility index (Phi) is 5.93. The van der Waals surface area contributed by atoms with Crippen molar-refractivity contribution in [2.45, 2.75) is 57.5 Å². The second kappa shape index (κ2) is 7.46. The van der Waals surface area contributed by atoms with Gasteiger partial charge in [-0.15, -0.1) is 0 Å². The number of hydrogen-bond acceptors (Lipinski definition) is 3. The predicted molar refractivity (Wildman–Crippen MR) is 75.9 cm³/mol. The van der Waals surface area contributed by atoms with E-state index < -0.39 is 0 Å². The Labute approximate surface area is 112 Å². The van der Waals surface area contributed by atoms with Gasteiger partial charge in [-0.25, -0.2) is 0 Å². The summed E-state index contributed by atoms with van der Waals surface area (Å²) in [4.78, 5) is 2.60. The molecule has 2 unspecified atom stereocenters. The largest absolute Gasteiger partial charge is 0.383 e. The van der Waals surface area contributed by atoms with Crippen molar-refractivity contribution in [2.75, 3.05) is 33.4 Å². The van der Waals surface area contributed by atoms with Crippen LogP contribution in [0.25, 0.3) is 0 Å². The van der Waals surface area contributed by atoms with Crippen LogP contribution in [0.1, 0.15) is 45.4 Å². The maximum atomic E-state index is 5.20. The van der Waals surface area contributed by atoms with Crippen LogP contribution in [0.4, 0.5) is 0 Å². The Bertz CT molecular complexity index is 231. The lowest BCUT2D eigenvalue weighted by Crippen LogP contribution is -2.42. The smallest absolute Gasteiger partial charge is 0.0589 e. The molecule has 3 nitrogen and oxygen atoms in total. The molecule has 0 aliphatic heterocycles. The first-order valence-electron chi connectivity index (χ1n) is 7.77. The quantitative estimate of drug-likeness (QED) is 0.719. The standard InChI is InChI=1S/C15H30N2O/c1-13-5-3-4-6-15(13)16-9-10-17(11-12-18-2)14-7-8-14/h13-16H,3-12H2,1-2H3. The molecule has 1 N–H and O–H groups in total. The molecule has 2 aliphatic carbocycles. The molecule has 0 aromatic heterocycles. The van der Waals surface area contributed by atoms with Gasteiger partial charge in [0, 0.05) is 38.8 Å². The van der Waals surface area contributed by atoms with Crippen LogP contribution in [-0.4, -0.2) is 50.3 Å². The molecule has 0 radical (unpaired) electrons. The molecule has 2 rings (SSSR count). The average molecular weight is 254 g/mol. The van der Waals surface area contributed by atoms with Crippen LogP contribution in [0.5, 0.6) is 0 Å². The first kappa shape index (κ1) is 14.3. The maximum Gasteiger partial charge on any atom is 0.0589 e. The van der Waals surface area contributed by atoms with Crippen LogP contribution in [0.3, 0.4) is 0 Å². The van der Waals surface area contributed by atoms with Gasteiger partial charge in [0.2, 0.25) is 0 Å². The monoisotopic (exact) mass is 254 g/mol. The van der Waals surface area contributed by atoms with Crippen molar-refractivity contribution in [3.05, 3.63) is 0 Å². The van der Waals surface area contributed by atoms with Gasteiger partial charge in [-0.2, -0.15) is 0 Å². The number of nitrogens with zero attached hydrogens (tertiary/aromatic N) is 1. The highest BCUT2D eigenvalue weighted by Crippen LogP contribution is 2.26. The van der Waals surface area contributed by atoms with E-state index in [0.717, 1.165) is 37.7 Å². The van der Waals surface area contributed by atoms with E-state index in [1.54, 1.807) is 7.11 Å². The Morgan fingerprint density at radius 3 is 2.56 bits per heavy atom. The van der Waals surface area contributed by atoms with Gasteiger partial charge in [-0.1, -0.05) is 19.8 Å². The van der Waals surface area contributed by atoms with Gasteiger partial charge in [-0.05, 0) is 31.6 Å². The first-order valence-corrected chi connectivity index (χ1v) is 7.77. The van der Waals surface area contributed by atoms with Gasteiger partial charge < -0.3 is 10.1 Å². The minimum atomic E-state index is 0.766. The molecule has 0 spiro atoms. The molecule has 0 aromatic rings. The summed E-state index contributed by atoms with van der Waals surface area (Å²) in [6, 6.07) is 1.62. The normalized spacial score (nSPS) is 28.8. The molecule has 0 heterocycles. The molecule has 0 amide bonds. The van der Waals surface area contributed by atoms with Crippen molar-refractivity contribution in [1.82, 2.24) is 10.2 Å². The fraction of sp³-hybridized carbons (Fsp3) is 1.00. The minimum absolute atomic E-state index is 0.766. The van der Waals surface area contributed by atoms with E-state index in [1.807, 2.05) is 0 Å². The number of nitrogens with one attached hydrogen (secondary N) is 1. The second-order valence-corrected chi connectivity index (χ2v) is 6.08. The molecule has 2 atom stereocenters. The van der Waals surface area contributed by atoms with Crippen LogP contribution < -0.4 is 5.32 Å². The zero-order valence-corrected chi connectivity index (χ0v) is 12.2. The summed E-state index contributed by atoms with van der Waals surface area (Å²) in [7, 11) is 1.80. The lowest BCUT2D eigenvalue weighted by Gasteiger charge is -2.31. The molecular weight excluding hydrogens is 224 g/mol. The van der Waals surface area contributed by atoms with Gasteiger partial charge in [0.15, 0.2) is 0 Å². The number of ether oxygens (including phenoxy) is 1. The molecule has 2 aliphatic rings. The van der Waals surface area contributed by atoms with Crippen LogP contribution in [0.15, 0.2) is 0 Å². The van der Waals surface area contributed by atoms with E-state index in [0.29, 0.717) is 0 Å². The lowest BCUT2D eigenvalue weighted by atomic mass is 9.86. The molecule has 2 fully saturated rings. The van der Waals surface area contributed by atoms with Crippen LogP contribution in [-0.2, 0) is 4.74 Å². The Balaban J connectivity index is 1.62. The summed E-state index contributed by atoms with van der Waals surface area (Å²) < 4.78 is 5.20. The molecule has 18 heavy (non-hydrogen) atoms. The van der Waals surface area contributed by atoms with E-state index in [2.05, 4.69) is 17.1 Å². The van der Waals surface area contributed by atoms with E-state index in [9.17, 15) is 0 Å². The summed E-state index contributed by atoms with van der Waals surface area (Å²) >= 11 is 0. The number of rotatable bonds is 8. The fourth-order valence-electron chi connectivity index (χ4n) is 3.14. The van der Waals surface area contributed by atoms with Crippen molar-refractivity contribution < 1.29 is 4.74 Å².